The molecule has 0 N–H and O–H groups in total. The monoisotopic (exact) mass is 601 g/mol. The molecule has 0 radical (unpaired) electrons. The van der Waals surface area contributed by atoms with Crippen molar-refractivity contribution >= 4 is 32.8 Å². The molecule has 7 aromatic carbocycles. The predicted octanol–water partition coefficient (Wildman–Crippen LogP) is 11.3. The molecule has 220 valence electrons. The van der Waals surface area contributed by atoms with Crippen LogP contribution in [0.3, 0.4) is 0 Å². The number of benzene rings is 7. The Morgan fingerprint density at radius 2 is 1.11 bits per heavy atom. The molecule has 9 rings (SSSR count). The molecule has 0 unspecified atom stereocenters. The van der Waals surface area contributed by atoms with Crippen LogP contribution in [0.25, 0.3) is 88.8 Å². The van der Waals surface area contributed by atoms with E-state index in [4.69, 9.17) is 14.4 Å². The molecule has 2 heterocycles. The van der Waals surface area contributed by atoms with Crippen LogP contribution in [0.1, 0.15) is 0 Å². The highest BCUT2D eigenvalue weighted by Crippen LogP contribution is 2.41. The zero-order valence-electron chi connectivity index (χ0n) is 25.3. The third-order valence-corrected chi connectivity index (χ3v) is 8.85. The minimum atomic E-state index is 0.719. The van der Waals surface area contributed by atoms with E-state index in [1.807, 2.05) is 36.4 Å². The number of rotatable bonds is 5. The zero-order chi connectivity index (χ0) is 31.2. The summed E-state index contributed by atoms with van der Waals surface area (Å²) in [5.74, 6) is 0.719. The van der Waals surface area contributed by atoms with Gasteiger partial charge in [-0.25, -0.2) is 15.0 Å². The summed E-state index contributed by atoms with van der Waals surface area (Å²) in [6.07, 6.45) is 1.50. The van der Waals surface area contributed by atoms with E-state index >= 15 is 0 Å². The number of hydrogen-bond donors (Lipinski definition) is 0. The molecule has 0 saturated heterocycles. The van der Waals surface area contributed by atoms with Gasteiger partial charge in [0.1, 0.15) is 5.52 Å². The largest absolute Gasteiger partial charge is 0.443 e. The number of oxazole rings is 1. The first-order valence-electron chi connectivity index (χ1n) is 15.7. The van der Waals surface area contributed by atoms with E-state index in [-0.39, 0.29) is 0 Å². The quantitative estimate of drug-likeness (QED) is 0.197. The molecule has 2 aromatic heterocycles. The molecular formula is C43H27N3O. The predicted molar refractivity (Wildman–Crippen MR) is 192 cm³/mol. The van der Waals surface area contributed by atoms with Crippen LogP contribution in [-0.2, 0) is 0 Å². The van der Waals surface area contributed by atoms with E-state index in [1.54, 1.807) is 0 Å². The van der Waals surface area contributed by atoms with E-state index < -0.39 is 0 Å². The van der Waals surface area contributed by atoms with Crippen molar-refractivity contribution in [2.75, 3.05) is 0 Å². The second-order valence-corrected chi connectivity index (χ2v) is 11.7. The van der Waals surface area contributed by atoms with Crippen LogP contribution in [0.2, 0.25) is 0 Å². The van der Waals surface area contributed by atoms with Crippen LogP contribution in [-0.4, -0.2) is 15.0 Å². The van der Waals surface area contributed by atoms with Crippen molar-refractivity contribution in [3.05, 3.63) is 164 Å². The summed E-state index contributed by atoms with van der Waals surface area (Å²) in [6, 6.07) is 55.1. The summed E-state index contributed by atoms with van der Waals surface area (Å²) in [5, 5.41) is 3.43. The fraction of sp³-hybridized carbons (Fsp3) is 0. The zero-order valence-corrected chi connectivity index (χ0v) is 25.3. The Morgan fingerprint density at radius 1 is 0.426 bits per heavy atom. The first-order chi connectivity index (χ1) is 23.3. The lowest BCUT2D eigenvalue weighted by molar-refractivity contribution is 0.603. The summed E-state index contributed by atoms with van der Waals surface area (Å²) < 4.78 is 5.73. The molecular weight excluding hydrogens is 574 g/mol. The number of para-hydroxylation sites is 2. The van der Waals surface area contributed by atoms with Crippen LogP contribution in [0.5, 0.6) is 0 Å². The van der Waals surface area contributed by atoms with E-state index in [1.165, 1.54) is 28.3 Å². The number of hydrogen-bond acceptors (Lipinski definition) is 4. The van der Waals surface area contributed by atoms with Gasteiger partial charge in [0.2, 0.25) is 0 Å². The maximum atomic E-state index is 5.73. The van der Waals surface area contributed by atoms with Crippen molar-refractivity contribution in [2.24, 2.45) is 0 Å². The minimum Gasteiger partial charge on any atom is -0.443 e. The summed E-state index contributed by atoms with van der Waals surface area (Å²) >= 11 is 0. The smallest absolute Gasteiger partial charge is 0.182 e. The van der Waals surface area contributed by atoms with Gasteiger partial charge in [0.15, 0.2) is 17.8 Å². The fourth-order valence-electron chi connectivity index (χ4n) is 6.60. The highest BCUT2D eigenvalue weighted by Gasteiger charge is 2.16. The minimum absolute atomic E-state index is 0.719. The van der Waals surface area contributed by atoms with E-state index in [0.29, 0.717) is 0 Å². The van der Waals surface area contributed by atoms with Gasteiger partial charge in [-0.3, -0.25) is 0 Å². The summed E-state index contributed by atoms with van der Waals surface area (Å²) in [6.45, 7) is 0. The molecule has 0 spiro atoms. The van der Waals surface area contributed by atoms with Crippen molar-refractivity contribution < 1.29 is 4.42 Å². The third-order valence-electron chi connectivity index (χ3n) is 8.85. The topological polar surface area (TPSA) is 51.8 Å². The molecule has 0 saturated carbocycles. The Kier molecular flexibility index (Phi) is 6.43. The first kappa shape index (κ1) is 27.0. The van der Waals surface area contributed by atoms with Gasteiger partial charge in [0.25, 0.3) is 0 Å². The van der Waals surface area contributed by atoms with Crippen molar-refractivity contribution in [1.29, 1.82) is 0 Å². The average Bonchev–Trinajstić information content (AvgIpc) is 3.64. The Bertz CT molecular complexity index is 2570. The molecule has 0 fully saturated rings. The molecule has 0 aliphatic heterocycles. The maximum Gasteiger partial charge on any atom is 0.182 e. The fourth-order valence-corrected chi connectivity index (χ4v) is 6.60. The number of fused-ring (bicyclic) bond motifs is 3. The standard InChI is InChI=1S/C43H27N3O/c1-2-11-31(12-3-1)43-45-38-18-7-6-16-37(38)41(46-43)33-14-8-13-32(26-33)40-34-15-5-4-10-28(34)24-25-35(40)29-20-22-30(23-21-29)36-17-9-19-39-42(36)47-27-44-39/h1-27H. The van der Waals surface area contributed by atoms with Crippen molar-refractivity contribution in [3.63, 3.8) is 0 Å². The van der Waals surface area contributed by atoms with Gasteiger partial charge < -0.3 is 4.42 Å². The van der Waals surface area contributed by atoms with E-state index in [9.17, 15) is 0 Å². The lowest BCUT2D eigenvalue weighted by atomic mass is 9.88. The van der Waals surface area contributed by atoms with Gasteiger partial charge in [-0.1, -0.05) is 140 Å². The highest BCUT2D eigenvalue weighted by molar-refractivity contribution is 6.05. The van der Waals surface area contributed by atoms with Gasteiger partial charge in [0, 0.05) is 22.1 Å². The molecule has 4 heteroatoms. The Labute approximate surface area is 271 Å². The molecule has 0 aliphatic rings. The van der Waals surface area contributed by atoms with Crippen LogP contribution in [0.15, 0.2) is 169 Å². The van der Waals surface area contributed by atoms with Crippen LogP contribution in [0, 0.1) is 0 Å². The molecule has 0 bridgehead atoms. The lowest BCUT2D eigenvalue weighted by Crippen LogP contribution is -1.95. The average molecular weight is 602 g/mol. The molecule has 4 nitrogen and oxygen atoms in total. The van der Waals surface area contributed by atoms with Gasteiger partial charge in [0.05, 0.1) is 11.2 Å². The van der Waals surface area contributed by atoms with Crippen LogP contribution >= 0.6 is 0 Å². The van der Waals surface area contributed by atoms with Gasteiger partial charge in [-0.05, 0) is 56.8 Å². The summed E-state index contributed by atoms with van der Waals surface area (Å²) in [4.78, 5) is 14.4. The van der Waals surface area contributed by atoms with Crippen LogP contribution < -0.4 is 0 Å². The normalized spacial score (nSPS) is 11.4. The number of nitrogens with zero attached hydrogens (tertiary/aromatic N) is 3. The SMILES string of the molecule is c1ccc(-c2nc(-c3cccc(-c4c(-c5ccc(-c6cccc7ncoc67)cc5)ccc5ccccc45)c3)c3ccccc3n2)cc1. The Hall–Kier alpha value is -6.39. The third kappa shape index (κ3) is 4.75. The van der Waals surface area contributed by atoms with Crippen LogP contribution in [0.4, 0.5) is 0 Å². The molecule has 9 aromatic rings. The Morgan fingerprint density at radius 3 is 1.98 bits per heavy atom. The summed E-state index contributed by atoms with van der Waals surface area (Å²) in [7, 11) is 0. The molecule has 0 amide bonds. The van der Waals surface area contributed by atoms with Gasteiger partial charge in [-0.2, -0.15) is 0 Å². The molecule has 0 aliphatic carbocycles. The van der Waals surface area contributed by atoms with E-state index in [0.717, 1.165) is 66.9 Å². The summed E-state index contributed by atoms with van der Waals surface area (Å²) in [5.41, 5.74) is 12.3. The van der Waals surface area contributed by atoms with E-state index in [2.05, 4.69) is 126 Å². The Balaban J connectivity index is 1.21. The highest BCUT2D eigenvalue weighted by atomic mass is 16.3. The van der Waals surface area contributed by atoms with Crippen molar-refractivity contribution in [2.45, 2.75) is 0 Å². The van der Waals surface area contributed by atoms with Gasteiger partial charge in [-0.15, -0.1) is 0 Å². The van der Waals surface area contributed by atoms with Crippen molar-refractivity contribution in [3.8, 4) is 56.0 Å². The lowest BCUT2D eigenvalue weighted by Gasteiger charge is -2.16. The number of aromatic nitrogens is 3. The van der Waals surface area contributed by atoms with Gasteiger partial charge >= 0.3 is 0 Å². The molecule has 47 heavy (non-hydrogen) atoms. The second-order valence-electron chi connectivity index (χ2n) is 11.7. The second kappa shape index (κ2) is 11.2. The van der Waals surface area contributed by atoms with Crippen molar-refractivity contribution in [1.82, 2.24) is 15.0 Å². The maximum absolute atomic E-state index is 5.73. The first-order valence-corrected chi connectivity index (χ1v) is 15.7. The molecule has 0 atom stereocenters.